The second kappa shape index (κ2) is 4.70. The maximum absolute atomic E-state index is 12.8. The molecule has 2 bridgehead atoms. The summed E-state index contributed by atoms with van der Waals surface area (Å²) in [5.74, 6) is 0. The Bertz CT molecular complexity index is 423. The summed E-state index contributed by atoms with van der Waals surface area (Å²) >= 11 is 0. The first-order valence-electron chi connectivity index (χ1n) is 7.35. The zero-order valence-electron chi connectivity index (χ0n) is 13.4. The van der Waals surface area contributed by atoms with Crippen LogP contribution in [0.15, 0.2) is 11.1 Å². The Labute approximate surface area is 120 Å². The van der Waals surface area contributed by atoms with Crippen molar-refractivity contribution in [3.05, 3.63) is 11.1 Å². The Balaban J connectivity index is 2.52. The van der Waals surface area contributed by atoms with Crippen molar-refractivity contribution in [3.8, 4) is 0 Å². The minimum atomic E-state index is -0.785. The van der Waals surface area contributed by atoms with Gasteiger partial charge in [0.05, 0.1) is 16.6 Å². The molecule has 0 aromatic carbocycles. The third kappa shape index (κ3) is 2.44. The summed E-state index contributed by atoms with van der Waals surface area (Å²) in [5, 5.41) is 0.343. The minimum Gasteiger partial charge on any atom is -0.377 e. The van der Waals surface area contributed by atoms with Crippen LogP contribution in [0.5, 0.6) is 0 Å². The fourth-order valence-corrected chi connectivity index (χ4v) is 6.35. The van der Waals surface area contributed by atoms with Crippen LogP contribution < -0.4 is 0 Å². The van der Waals surface area contributed by atoms with Gasteiger partial charge in [0.25, 0.3) is 0 Å². The van der Waals surface area contributed by atoms with E-state index in [1.807, 2.05) is 6.92 Å². The second-order valence-electron chi connectivity index (χ2n) is 7.79. The molecule has 2 aliphatic heterocycles. The molecule has 0 saturated carbocycles. The Morgan fingerprint density at radius 2 is 1.63 bits per heavy atom. The summed E-state index contributed by atoms with van der Waals surface area (Å²) in [5.41, 5.74) is 3.04. The Kier molecular flexibility index (Phi) is 3.77. The molecular formula is C16H28O2S. The zero-order valence-corrected chi connectivity index (χ0v) is 14.2. The lowest BCUT2D eigenvalue weighted by atomic mass is 9.68. The van der Waals surface area contributed by atoms with Crippen LogP contribution in [-0.4, -0.2) is 27.4 Å². The van der Waals surface area contributed by atoms with E-state index in [9.17, 15) is 4.21 Å². The molecule has 0 aromatic rings. The van der Waals surface area contributed by atoms with Gasteiger partial charge in [0.2, 0.25) is 0 Å². The monoisotopic (exact) mass is 284 g/mol. The molecule has 0 radical (unpaired) electrons. The lowest BCUT2D eigenvalue weighted by Crippen LogP contribution is -2.36. The number of ether oxygens (including phenoxy) is 1. The van der Waals surface area contributed by atoms with Crippen LogP contribution in [-0.2, 0) is 15.5 Å². The maximum atomic E-state index is 12.8. The first-order chi connectivity index (χ1) is 8.59. The second-order valence-corrected chi connectivity index (χ2v) is 9.53. The van der Waals surface area contributed by atoms with Gasteiger partial charge < -0.3 is 4.74 Å². The molecule has 19 heavy (non-hydrogen) atoms. The molecule has 0 spiro atoms. The molecule has 2 aliphatic rings. The summed E-state index contributed by atoms with van der Waals surface area (Å²) in [6.07, 6.45) is 1.10. The Morgan fingerprint density at radius 3 is 2.05 bits per heavy atom. The molecule has 2 heterocycles. The van der Waals surface area contributed by atoms with Crippen LogP contribution in [0.1, 0.15) is 54.9 Å². The van der Waals surface area contributed by atoms with E-state index in [4.69, 9.17) is 4.74 Å². The van der Waals surface area contributed by atoms with Gasteiger partial charge in [0.15, 0.2) is 0 Å². The molecule has 1 fully saturated rings. The van der Waals surface area contributed by atoms with Gasteiger partial charge in [-0.25, -0.2) is 0 Å². The minimum absolute atomic E-state index is 0.0768. The zero-order chi connectivity index (χ0) is 14.6. The predicted molar refractivity (Wildman–Crippen MR) is 81.7 cm³/mol. The fourth-order valence-electron chi connectivity index (χ4n) is 3.71. The standard InChI is InChI=1S/C16H28O2S/c1-8-18-10-9-11-12(15(2,3)4)13(16(5,6)7)14(10)19(11)17/h10-11,14H,8-9H2,1-7H3/t10-,11-,14+,19?/m1/s1. The van der Waals surface area contributed by atoms with Crippen molar-refractivity contribution in [3.63, 3.8) is 0 Å². The van der Waals surface area contributed by atoms with Crippen molar-refractivity contribution in [2.24, 2.45) is 10.8 Å². The summed E-state index contributed by atoms with van der Waals surface area (Å²) in [6.45, 7) is 16.2. The van der Waals surface area contributed by atoms with Gasteiger partial charge in [-0.3, -0.25) is 4.21 Å². The Morgan fingerprint density at radius 1 is 1.11 bits per heavy atom. The first kappa shape index (κ1) is 15.2. The highest BCUT2D eigenvalue weighted by Gasteiger charge is 2.56. The van der Waals surface area contributed by atoms with Crippen LogP contribution in [0.4, 0.5) is 0 Å². The highest BCUT2D eigenvalue weighted by molar-refractivity contribution is 7.87. The molecule has 0 aliphatic carbocycles. The van der Waals surface area contributed by atoms with Gasteiger partial charge >= 0.3 is 0 Å². The lowest BCUT2D eigenvalue weighted by molar-refractivity contribution is 0.0593. The average Bonchev–Trinajstić information content (AvgIpc) is 2.67. The molecule has 3 heteroatoms. The van der Waals surface area contributed by atoms with E-state index in [0.717, 1.165) is 6.42 Å². The van der Waals surface area contributed by atoms with Crippen molar-refractivity contribution < 1.29 is 8.95 Å². The maximum Gasteiger partial charge on any atom is 0.0834 e. The van der Waals surface area contributed by atoms with Gasteiger partial charge in [-0.2, -0.15) is 0 Å². The Hall–Kier alpha value is -0.150. The van der Waals surface area contributed by atoms with Gasteiger partial charge in [-0.05, 0) is 35.3 Å². The normalized spacial score (nSPS) is 35.3. The molecule has 110 valence electrons. The molecule has 0 aromatic heterocycles. The topological polar surface area (TPSA) is 26.3 Å². The van der Waals surface area contributed by atoms with E-state index in [2.05, 4.69) is 41.5 Å². The van der Waals surface area contributed by atoms with Crippen molar-refractivity contribution in [1.29, 1.82) is 0 Å². The quantitative estimate of drug-likeness (QED) is 0.723. The third-order valence-corrected chi connectivity index (χ3v) is 6.24. The molecule has 0 amide bonds. The van der Waals surface area contributed by atoms with E-state index < -0.39 is 10.8 Å². The number of hydrogen-bond donors (Lipinski definition) is 0. The molecular weight excluding hydrogens is 256 g/mol. The molecule has 0 N–H and O–H groups in total. The number of hydrogen-bond acceptors (Lipinski definition) is 2. The van der Waals surface area contributed by atoms with Crippen LogP contribution in [0.3, 0.4) is 0 Å². The first-order valence-corrected chi connectivity index (χ1v) is 8.62. The van der Waals surface area contributed by atoms with Gasteiger partial charge in [-0.15, -0.1) is 0 Å². The molecule has 2 rings (SSSR count). The average molecular weight is 284 g/mol. The largest absolute Gasteiger partial charge is 0.377 e. The van der Waals surface area contributed by atoms with E-state index in [1.165, 1.54) is 11.1 Å². The molecule has 4 atom stereocenters. The number of rotatable bonds is 2. The molecule has 1 unspecified atom stereocenters. The van der Waals surface area contributed by atoms with E-state index in [0.29, 0.717) is 6.61 Å². The van der Waals surface area contributed by atoms with Crippen molar-refractivity contribution in [1.82, 2.24) is 0 Å². The summed E-state index contributed by atoms with van der Waals surface area (Å²) < 4.78 is 18.6. The van der Waals surface area contributed by atoms with Crippen molar-refractivity contribution >= 4 is 10.8 Å². The summed E-state index contributed by atoms with van der Waals surface area (Å²) in [7, 11) is -0.785. The van der Waals surface area contributed by atoms with Gasteiger partial charge in [0, 0.05) is 17.4 Å². The molecule has 1 saturated heterocycles. The summed E-state index contributed by atoms with van der Waals surface area (Å²) in [6, 6.07) is 0. The van der Waals surface area contributed by atoms with E-state index in [1.54, 1.807) is 0 Å². The highest BCUT2D eigenvalue weighted by Crippen LogP contribution is 2.54. The van der Waals surface area contributed by atoms with Crippen LogP contribution in [0.25, 0.3) is 0 Å². The van der Waals surface area contributed by atoms with Crippen molar-refractivity contribution in [2.75, 3.05) is 6.61 Å². The van der Waals surface area contributed by atoms with E-state index >= 15 is 0 Å². The van der Waals surface area contributed by atoms with E-state index in [-0.39, 0.29) is 27.4 Å². The van der Waals surface area contributed by atoms with Crippen molar-refractivity contribution in [2.45, 2.75) is 71.5 Å². The van der Waals surface area contributed by atoms with Crippen LogP contribution in [0.2, 0.25) is 0 Å². The predicted octanol–water partition coefficient (Wildman–Crippen LogP) is 3.68. The number of fused-ring (bicyclic) bond motifs is 2. The smallest absolute Gasteiger partial charge is 0.0834 e. The fraction of sp³-hybridized carbons (Fsp3) is 0.875. The van der Waals surface area contributed by atoms with Crippen LogP contribution >= 0.6 is 0 Å². The third-order valence-electron chi connectivity index (χ3n) is 4.21. The summed E-state index contributed by atoms with van der Waals surface area (Å²) in [4.78, 5) is 0. The van der Waals surface area contributed by atoms with Crippen LogP contribution in [0, 0.1) is 10.8 Å². The van der Waals surface area contributed by atoms with Gasteiger partial charge in [0.1, 0.15) is 0 Å². The van der Waals surface area contributed by atoms with Gasteiger partial charge in [-0.1, -0.05) is 41.5 Å². The highest BCUT2D eigenvalue weighted by atomic mass is 32.2. The molecule has 2 nitrogen and oxygen atoms in total. The SMILES string of the molecule is CCO[C@@H]1C[C@@H]2C(C(C)(C)C)=C(C(C)(C)C)[C@H]1S2=O. The lowest BCUT2D eigenvalue weighted by Gasteiger charge is -2.37.